The van der Waals surface area contributed by atoms with E-state index in [1.54, 1.807) is 13.3 Å². The SMILES string of the molecule is CN=C(NCc1coc(-c2ccccc2)n1)NCC1CCN(C2CC2)C1. The van der Waals surface area contributed by atoms with Gasteiger partial charge >= 0.3 is 0 Å². The molecule has 1 saturated carbocycles. The van der Waals surface area contributed by atoms with Crippen molar-refractivity contribution in [2.75, 3.05) is 26.7 Å². The van der Waals surface area contributed by atoms with Crippen molar-refractivity contribution in [1.29, 1.82) is 0 Å². The Labute approximate surface area is 154 Å². The van der Waals surface area contributed by atoms with E-state index < -0.39 is 0 Å². The maximum atomic E-state index is 5.58. The number of benzene rings is 1. The average Bonchev–Trinajstić information content (AvgIpc) is 3.24. The van der Waals surface area contributed by atoms with Crippen molar-refractivity contribution in [3.05, 3.63) is 42.3 Å². The molecule has 138 valence electrons. The Balaban J connectivity index is 1.23. The topological polar surface area (TPSA) is 65.7 Å². The lowest BCUT2D eigenvalue weighted by Gasteiger charge is -2.16. The Morgan fingerprint density at radius 1 is 1.23 bits per heavy atom. The Kier molecular flexibility index (Phi) is 5.20. The smallest absolute Gasteiger partial charge is 0.226 e. The van der Waals surface area contributed by atoms with E-state index >= 15 is 0 Å². The summed E-state index contributed by atoms with van der Waals surface area (Å²) >= 11 is 0. The summed E-state index contributed by atoms with van der Waals surface area (Å²) in [5, 5.41) is 6.78. The number of hydrogen-bond donors (Lipinski definition) is 2. The summed E-state index contributed by atoms with van der Waals surface area (Å²) in [5.41, 5.74) is 1.86. The number of aromatic nitrogens is 1. The fourth-order valence-electron chi connectivity index (χ4n) is 3.54. The molecule has 1 aromatic heterocycles. The van der Waals surface area contributed by atoms with E-state index in [0.29, 0.717) is 18.4 Å². The lowest BCUT2D eigenvalue weighted by Crippen LogP contribution is -2.40. The third-order valence-electron chi connectivity index (χ3n) is 5.17. The number of likely N-dealkylation sites (tertiary alicyclic amines) is 1. The predicted molar refractivity (Wildman–Crippen MR) is 103 cm³/mol. The summed E-state index contributed by atoms with van der Waals surface area (Å²) in [7, 11) is 1.80. The van der Waals surface area contributed by atoms with E-state index in [-0.39, 0.29) is 0 Å². The van der Waals surface area contributed by atoms with E-state index in [2.05, 4.69) is 25.5 Å². The Hall–Kier alpha value is -2.34. The summed E-state index contributed by atoms with van der Waals surface area (Å²) in [4.78, 5) is 11.5. The molecule has 1 unspecified atom stereocenters. The van der Waals surface area contributed by atoms with Crippen LogP contribution in [0.5, 0.6) is 0 Å². The number of nitrogens with zero attached hydrogens (tertiary/aromatic N) is 3. The summed E-state index contributed by atoms with van der Waals surface area (Å²) in [5.74, 6) is 2.18. The van der Waals surface area contributed by atoms with Crippen LogP contribution in [-0.2, 0) is 6.54 Å². The maximum Gasteiger partial charge on any atom is 0.226 e. The van der Waals surface area contributed by atoms with E-state index in [9.17, 15) is 0 Å². The third-order valence-corrected chi connectivity index (χ3v) is 5.17. The van der Waals surface area contributed by atoms with Gasteiger partial charge in [-0.1, -0.05) is 18.2 Å². The number of aliphatic imine (C=N–C) groups is 1. The fourth-order valence-corrected chi connectivity index (χ4v) is 3.54. The molecule has 1 aliphatic heterocycles. The highest BCUT2D eigenvalue weighted by molar-refractivity contribution is 5.79. The normalized spacial score (nSPS) is 21.1. The van der Waals surface area contributed by atoms with Crippen LogP contribution in [-0.4, -0.2) is 48.6 Å². The van der Waals surface area contributed by atoms with Crippen LogP contribution < -0.4 is 10.6 Å². The second kappa shape index (κ2) is 7.91. The second-order valence-electron chi connectivity index (χ2n) is 7.20. The van der Waals surface area contributed by atoms with Crippen molar-refractivity contribution in [3.8, 4) is 11.5 Å². The molecule has 1 aliphatic carbocycles. The first kappa shape index (κ1) is 17.1. The molecule has 1 atom stereocenters. The highest BCUT2D eigenvalue weighted by atomic mass is 16.3. The molecule has 2 aliphatic rings. The van der Waals surface area contributed by atoms with Gasteiger partial charge in [0.1, 0.15) is 6.26 Å². The Morgan fingerprint density at radius 2 is 2.08 bits per heavy atom. The quantitative estimate of drug-likeness (QED) is 0.617. The monoisotopic (exact) mass is 353 g/mol. The van der Waals surface area contributed by atoms with Gasteiger partial charge in [0, 0.05) is 31.7 Å². The molecule has 26 heavy (non-hydrogen) atoms. The van der Waals surface area contributed by atoms with Gasteiger partial charge in [-0.15, -0.1) is 0 Å². The highest BCUT2D eigenvalue weighted by Gasteiger charge is 2.34. The number of hydrogen-bond acceptors (Lipinski definition) is 4. The lowest BCUT2D eigenvalue weighted by atomic mass is 10.1. The molecule has 1 aromatic carbocycles. The Bertz CT molecular complexity index is 738. The van der Waals surface area contributed by atoms with Crippen LogP contribution in [0.2, 0.25) is 0 Å². The first-order valence-corrected chi connectivity index (χ1v) is 9.50. The van der Waals surface area contributed by atoms with Gasteiger partial charge in [0.15, 0.2) is 5.96 Å². The third kappa shape index (κ3) is 4.25. The molecule has 2 aromatic rings. The van der Waals surface area contributed by atoms with Gasteiger partial charge in [0.05, 0.1) is 12.2 Å². The van der Waals surface area contributed by atoms with E-state index in [1.807, 2.05) is 30.3 Å². The zero-order chi connectivity index (χ0) is 17.8. The largest absolute Gasteiger partial charge is 0.444 e. The van der Waals surface area contributed by atoms with Crippen LogP contribution in [0.25, 0.3) is 11.5 Å². The molecule has 0 radical (unpaired) electrons. The van der Waals surface area contributed by atoms with Gasteiger partial charge in [0.25, 0.3) is 0 Å². The summed E-state index contributed by atoms with van der Waals surface area (Å²) < 4.78 is 5.58. The minimum Gasteiger partial charge on any atom is -0.444 e. The van der Waals surface area contributed by atoms with Crippen LogP contribution in [0.3, 0.4) is 0 Å². The van der Waals surface area contributed by atoms with Gasteiger partial charge < -0.3 is 20.0 Å². The molecule has 4 rings (SSSR count). The van der Waals surface area contributed by atoms with Crippen molar-refractivity contribution < 1.29 is 4.42 Å². The minimum atomic E-state index is 0.592. The molecule has 6 nitrogen and oxygen atoms in total. The molecular weight excluding hydrogens is 326 g/mol. The van der Waals surface area contributed by atoms with Gasteiger partial charge in [-0.05, 0) is 43.9 Å². The van der Waals surface area contributed by atoms with Crippen molar-refractivity contribution >= 4 is 5.96 Å². The zero-order valence-corrected chi connectivity index (χ0v) is 15.3. The predicted octanol–water partition coefficient (Wildman–Crippen LogP) is 2.49. The van der Waals surface area contributed by atoms with E-state index in [1.165, 1.54) is 32.4 Å². The van der Waals surface area contributed by atoms with E-state index in [0.717, 1.165) is 29.8 Å². The average molecular weight is 353 g/mol. The summed E-state index contributed by atoms with van der Waals surface area (Å²) in [6.07, 6.45) is 5.77. The zero-order valence-electron chi connectivity index (χ0n) is 15.3. The van der Waals surface area contributed by atoms with Crippen LogP contribution in [0, 0.1) is 5.92 Å². The molecule has 1 saturated heterocycles. The summed E-state index contributed by atoms with van der Waals surface area (Å²) in [6.45, 7) is 4.04. The van der Waals surface area contributed by atoms with Gasteiger partial charge in [-0.25, -0.2) is 4.98 Å². The molecule has 6 heteroatoms. The van der Waals surface area contributed by atoms with Crippen molar-refractivity contribution in [3.63, 3.8) is 0 Å². The fraction of sp³-hybridized carbons (Fsp3) is 0.500. The van der Waals surface area contributed by atoms with Crippen LogP contribution in [0.15, 0.2) is 46.0 Å². The number of oxazole rings is 1. The standard InChI is InChI=1S/C20H27N5O/c1-21-20(22-11-15-9-10-25(13-15)18-7-8-18)23-12-17-14-26-19(24-17)16-5-3-2-4-6-16/h2-6,14-15,18H,7-13H2,1H3,(H2,21,22,23). The molecule has 0 bridgehead atoms. The number of guanidine groups is 1. The van der Waals surface area contributed by atoms with Crippen molar-refractivity contribution in [2.24, 2.45) is 10.9 Å². The molecule has 2 heterocycles. The van der Waals surface area contributed by atoms with Crippen molar-refractivity contribution in [2.45, 2.75) is 31.8 Å². The summed E-state index contributed by atoms with van der Waals surface area (Å²) in [6, 6.07) is 10.8. The molecule has 2 fully saturated rings. The van der Waals surface area contributed by atoms with Gasteiger partial charge in [0.2, 0.25) is 5.89 Å². The molecule has 2 N–H and O–H groups in total. The number of rotatable bonds is 6. The minimum absolute atomic E-state index is 0.592. The van der Waals surface area contributed by atoms with E-state index in [4.69, 9.17) is 4.42 Å². The molecule has 0 spiro atoms. The van der Waals surface area contributed by atoms with Gasteiger partial charge in [-0.2, -0.15) is 0 Å². The first-order valence-electron chi connectivity index (χ1n) is 9.50. The lowest BCUT2D eigenvalue weighted by molar-refractivity contribution is 0.314. The first-order chi connectivity index (χ1) is 12.8. The van der Waals surface area contributed by atoms with Crippen LogP contribution >= 0.6 is 0 Å². The molecular formula is C20H27N5O. The second-order valence-corrected chi connectivity index (χ2v) is 7.20. The Morgan fingerprint density at radius 3 is 2.85 bits per heavy atom. The van der Waals surface area contributed by atoms with Crippen LogP contribution in [0.1, 0.15) is 25.0 Å². The highest BCUT2D eigenvalue weighted by Crippen LogP contribution is 2.31. The maximum absolute atomic E-state index is 5.58. The number of nitrogens with one attached hydrogen (secondary N) is 2. The van der Waals surface area contributed by atoms with Gasteiger partial charge in [-0.3, -0.25) is 4.99 Å². The molecule has 0 amide bonds. The van der Waals surface area contributed by atoms with Crippen LogP contribution in [0.4, 0.5) is 0 Å². The van der Waals surface area contributed by atoms with Crippen molar-refractivity contribution in [1.82, 2.24) is 20.5 Å².